The van der Waals surface area contributed by atoms with Crippen LogP contribution < -0.4 is 10.5 Å². The summed E-state index contributed by atoms with van der Waals surface area (Å²) in [5.74, 6) is 0.917. The molecule has 0 fully saturated rings. The molecule has 1 aliphatic rings. The Hall–Kier alpha value is -1.80. The molecule has 0 aromatic heterocycles. The zero-order valence-electron chi connectivity index (χ0n) is 11.2. The summed E-state index contributed by atoms with van der Waals surface area (Å²) in [5.41, 5.74) is 10.2. The van der Waals surface area contributed by atoms with E-state index < -0.39 is 0 Å². The Morgan fingerprint density at radius 2 is 1.58 bits per heavy atom. The third-order valence-electron chi connectivity index (χ3n) is 3.85. The molecule has 2 N–H and O–H groups in total. The molecule has 0 heterocycles. The molecule has 2 aromatic rings. The molecule has 0 saturated heterocycles. The second kappa shape index (κ2) is 4.71. The van der Waals surface area contributed by atoms with Gasteiger partial charge in [-0.25, -0.2) is 0 Å². The van der Waals surface area contributed by atoms with E-state index in [1.807, 2.05) is 25.1 Å². The first kappa shape index (κ1) is 12.2. The number of rotatable bonds is 3. The maximum Gasteiger partial charge on any atom is 0.124 e. The van der Waals surface area contributed by atoms with Gasteiger partial charge in [-0.05, 0) is 37.0 Å². The molecule has 0 bridgehead atoms. The molecule has 0 atom stereocenters. The smallest absolute Gasteiger partial charge is 0.124 e. The summed E-state index contributed by atoms with van der Waals surface area (Å²) in [4.78, 5) is 0. The van der Waals surface area contributed by atoms with E-state index in [-0.39, 0.29) is 5.54 Å². The van der Waals surface area contributed by atoms with Gasteiger partial charge in [-0.15, -0.1) is 0 Å². The molecular weight excluding hydrogens is 234 g/mol. The summed E-state index contributed by atoms with van der Waals surface area (Å²) in [6.07, 6.45) is 1.76. The largest absolute Gasteiger partial charge is 0.494 e. The second-order valence-corrected chi connectivity index (χ2v) is 5.21. The van der Waals surface area contributed by atoms with Crippen molar-refractivity contribution in [1.29, 1.82) is 0 Å². The molecule has 1 aliphatic carbocycles. The fourth-order valence-corrected chi connectivity index (χ4v) is 2.99. The van der Waals surface area contributed by atoms with Gasteiger partial charge in [0.1, 0.15) is 5.75 Å². The topological polar surface area (TPSA) is 35.2 Å². The molecule has 0 radical (unpaired) electrons. The molecular formula is C17H19NO. The van der Waals surface area contributed by atoms with E-state index in [4.69, 9.17) is 10.5 Å². The van der Waals surface area contributed by atoms with Gasteiger partial charge >= 0.3 is 0 Å². The average Bonchev–Trinajstić information content (AvgIpc) is 2.77. The highest BCUT2D eigenvalue weighted by atomic mass is 16.5. The van der Waals surface area contributed by atoms with Crippen LogP contribution in [0.1, 0.15) is 23.6 Å². The van der Waals surface area contributed by atoms with Crippen molar-refractivity contribution < 1.29 is 4.74 Å². The number of ether oxygens (including phenoxy) is 1. The van der Waals surface area contributed by atoms with Gasteiger partial charge in [-0.3, -0.25) is 0 Å². The highest BCUT2D eigenvalue weighted by Crippen LogP contribution is 2.39. The summed E-state index contributed by atoms with van der Waals surface area (Å²) in [6.45, 7) is 2.67. The lowest BCUT2D eigenvalue weighted by Crippen LogP contribution is -2.37. The van der Waals surface area contributed by atoms with Crippen molar-refractivity contribution in [2.75, 3.05) is 6.61 Å². The third-order valence-corrected chi connectivity index (χ3v) is 3.85. The van der Waals surface area contributed by atoms with Crippen LogP contribution in [0.25, 0.3) is 0 Å². The summed E-state index contributed by atoms with van der Waals surface area (Å²) >= 11 is 0. The normalized spacial score (nSPS) is 16.1. The number of benzene rings is 2. The van der Waals surface area contributed by atoms with Gasteiger partial charge in [-0.2, -0.15) is 0 Å². The van der Waals surface area contributed by atoms with Crippen molar-refractivity contribution in [3.8, 4) is 5.75 Å². The van der Waals surface area contributed by atoms with Crippen LogP contribution in [0.2, 0.25) is 0 Å². The van der Waals surface area contributed by atoms with E-state index in [0.29, 0.717) is 6.61 Å². The highest BCUT2D eigenvalue weighted by molar-refractivity contribution is 5.46. The highest BCUT2D eigenvalue weighted by Gasteiger charge is 2.36. The minimum absolute atomic E-state index is 0.338. The first-order valence-corrected chi connectivity index (χ1v) is 6.81. The molecule has 0 amide bonds. The Bertz CT molecular complexity index is 566. The molecule has 2 heteroatoms. The molecule has 0 unspecified atom stereocenters. The van der Waals surface area contributed by atoms with Crippen LogP contribution in [0.3, 0.4) is 0 Å². The summed E-state index contributed by atoms with van der Waals surface area (Å²) < 4.78 is 5.73. The summed E-state index contributed by atoms with van der Waals surface area (Å²) in [6, 6.07) is 16.7. The lowest BCUT2D eigenvalue weighted by Gasteiger charge is -2.26. The molecule has 2 nitrogen and oxygen atoms in total. The zero-order chi connectivity index (χ0) is 13.3. The van der Waals surface area contributed by atoms with Gasteiger partial charge < -0.3 is 10.5 Å². The standard InChI is InChI=1S/C17H19NO/c1-2-19-16-10-6-5-9-15(16)17(18)11-13-7-3-4-8-14(13)12-17/h3-10H,2,11-12,18H2,1H3. The monoisotopic (exact) mass is 253 g/mol. The van der Waals surface area contributed by atoms with E-state index in [1.54, 1.807) is 0 Å². The Morgan fingerprint density at radius 3 is 2.21 bits per heavy atom. The molecule has 3 rings (SSSR count). The van der Waals surface area contributed by atoms with Crippen LogP contribution in [-0.4, -0.2) is 6.61 Å². The summed E-state index contributed by atoms with van der Waals surface area (Å²) in [5, 5.41) is 0. The van der Waals surface area contributed by atoms with Crippen LogP contribution in [-0.2, 0) is 18.4 Å². The molecule has 2 aromatic carbocycles. The van der Waals surface area contributed by atoms with E-state index in [2.05, 4.69) is 30.3 Å². The lowest BCUT2D eigenvalue weighted by molar-refractivity contribution is 0.323. The zero-order valence-corrected chi connectivity index (χ0v) is 11.2. The van der Waals surface area contributed by atoms with Crippen LogP contribution in [0, 0.1) is 0 Å². The summed E-state index contributed by atoms with van der Waals surface area (Å²) in [7, 11) is 0. The van der Waals surface area contributed by atoms with Crippen molar-refractivity contribution in [2.45, 2.75) is 25.3 Å². The Morgan fingerprint density at radius 1 is 1.00 bits per heavy atom. The average molecular weight is 253 g/mol. The predicted molar refractivity (Wildman–Crippen MR) is 77.3 cm³/mol. The molecule has 0 saturated carbocycles. The van der Waals surface area contributed by atoms with Crippen molar-refractivity contribution >= 4 is 0 Å². The van der Waals surface area contributed by atoms with Crippen molar-refractivity contribution in [1.82, 2.24) is 0 Å². The van der Waals surface area contributed by atoms with E-state index in [1.165, 1.54) is 11.1 Å². The molecule has 0 spiro atoms. The second-order valence-electron chi connectivity index (χ2n) is 5.21. The maximum atomic E-state index is 6.68. The van der Waals surface area contributed by atoms with Gasteiger partial charge in [0, 0.05) is 5.56 Å². The minimum Gasteiger partial charge on any atom is -0.494 e. The van der Waals surface area contributed by atoms with Crippen LogP contribution in [0.5, 0.6) is 5.75 Å². The first-order chi connectivity index (χ1) is 9.23. The number of para-hydroxylation sites is 1. The third kappa shape index (κ3) is 2.13. The van der Waals surface area contributed by atoms with Crippen LogP contribution in [0.15, 0.2) is 48.5 Å². The fraction of sp³-hybridized carbons (Fsp3) is 0.294. The van der Waals surface area contributed by atoms with Crippen LogP contribution in [0.4, 0.5) is 0 Å². The molecule has 0 aliphatic heterocycles. The number of hydrogen-bond donors (Lipinski definition) is 1. The Balaban J connectivity index is 2.00. The Kier molecular flexibility index (Phi) is 3.03. The van der Waals surface area contributed by atoms with Gasteiger partial charge in [-0.1, -0.05) is 42.5 Å². The van der Waals surface area contributed by atoms with E-state index >= 15 is 0 Å². The van der Waals surface area contributed by atoms with Gasteiger partial charge in [0.25, 0.3) is 0 Å². The first-order valence-electron chi connectivity index (χ1n) is 6.81. The van der Waals surface area contributed by atoms with Crippen molar-refractivity contribution in [3.05, 3.63) is 65.2 Å². The SMILES string of the molecule is CCOc1ccccc1C1(N)Cc2ccccc2C1. The predicted octanol–water partition coefficient (Wildman–Crippen LogP) is 3.04. The minimum atomic E-state index is -0.338. The maximum absolute atomic E-state index is 6.68. The lowest BCUT2D eigenvalue weighted by atomic mass is 9.87. The van der Waals surface area contributed by atoms with E-state index in [0.717, 1.165) is 24.2 Å². The van der Waals surface area contributed by atoms with Gasteiger partial charge in [0.2, 0.25) is 0 Å². The Labute approximate surface area is 114 Å². The number of nitrogens with two attached hydrogens (primary N) is 1. The number of fused-ring (bicyclic) bond motifs is 1. The van der Waals surface area contributed by atoms with E-state index in [9.17, 15) is 0 Å². The van der Waals surface area contributed by atoms with Crippen LogP contribution >= 0.6 is 0 Å². The van der Waals surface area contributed by atoms with Gasteiger partial charge in [0.05, 0.1) is 12.1 Å². The van der Waals surface area contributed by atoms with Crippen molar-refractivity contribution in [3.63, 3.8) is 0 Å². The fourth-order valence-electron chi connectivity index (χ4n) is 2.99. The van der Waals surface area contributed by atoms with Crippen molar-refractivity contribution in [2.24, 2.45) is 5.73 Å². The quantitative estimate of drug-likeness (QED) is 0.912. The molecule has 19 heavy (non-hydrogen) atoms. The van der Waals surface area contributed by atoms with Gasteiger partial charge in [0.15, 0.2) is 0 Å². The number of hydrogen-bond acceptors (Lipinski definition) is 2. The molecule has 98 valence electrons.